The van der Waals surface area contributed by atoms with Crippen LogP contribution in [-0.4, -0.2) is 47.4 Å². The Kier molecular flexibility index (Phi) is 5.82. The number of carbonyl (C=O) groups excluding carboxylic acids is 1. The Balaban J connectivity index is 1.89. The number of halogens is 1. The van der Waals surface area contributed by atoms with Crippen LogP contribution in [0.25, 0.3) is 22.0 Å². The number of ether oxygens (including phenoxy) is 1. The number of aromatic nitrogens is 2. The van der Waals surface area contributed by atoms with Crippen LogP contribution < -0.4 is 10.2 Å². The molecule has 0 fully saturated rings. The number of methoxy groups -OCH3 is 1. The SMILES string of the molecule is COc1ccc(-c2ccc3nn(CCC(C)(C(=O)NO)S(C)(=O)=O)cc3c2)c(F)c1. The number of hydrogen-bond acceptors (Lipinski definition) is 6. The number of hydrogen-bond donors (Lipinski definition) is 2. The van der Waals surface area contributed by atoms with Gasteiger partial charge in [-0.1, -0.05) is 6.07 Å². The molecule has 0 saturated heterocycles. The van der Waals surface area contributed by atoms with Crippen molar-refractivity contribution >= 4 is 26.6 Å². The van der Waals surface area contributed by atoms with Crippen molar-refractivity contribution in [2.75, 3.05) is 13.4 Å². The summed E-state index contributed by atoms with van der Waals surface area (Å²) in [4.78, 5) is 11.9. The first-order chi connectivity index (χ1) is 14.1. The van der Waals surface area contributed by atoms with Crippen LogP contribution in [0.15, 0.2) is 42.6 Å². The van der Waals surface area contributed by atoms with Crippen molar-refractivity contribution < 1.29 is 27.5 Å². The third-order valence-corrected chi connectivity index (χ3v) is 7.28. The topological polar surface area (TPSA) is 111 Å². The summed E-state index contributed by atoms with van der Waals surface area (Å²) < 4.78 is 43.3. The number of amides is 1. The Morgan fingerprint density at radius 2 is 2.03 bits per heavy atom. The van der Waals surface area contributed by atoms with Gasteiger partial charge in [-0.2, -0.15) is 5.10 Å². The second kappa shape index (κ2) is 8.04. The number of sulfone groups is 1. The van der Waals surface area contributed by atoms with Crippen LogP contribution >= 0.6 is 0 Å². The zero-order chi connectivity index (χ0) is 22.1. The quantitative estimate of drug-likeness (QED) is 0.436. The molecule has 0 aliphatic rings. The molecule has 160 valence electrons. The summed E-state index contributed by atoms with van der Waals surface area (Å²) in [5, 5.41) is 14.0. The molecule has 2 aromatic carbocycles. The molecule has 1 unspecified atom stereocenters. The molecule has 30 heavy (non-hydrogen) atoms. The zero-order valence-corrected chi connectivity index (χ0v) is 17.5. The van der Waals surface area contributed by atoms with Crippen LogP contribution in [0.4, 0.5) is 4.39 Å². The lowest BCUT2D eigenvalue weighted by atomic mass is 10.0. The fourth-order valence-corrected chi connectivity index (χ4v) is 3.97. The van der Waals surface area contributed by atoms with E-state index >= 15 is 0 Å². The summed E-state index contributed by atoms with van der Waals surface area (Å²) in [6, 6.07) is 9.86. The second-order valence-corrected chi connectivity index (χ2v) is 9.65. The van der Waals surface area contributed by atoms with Crippen molar-refractivity contribution in [2.45, 2.75) is 24.6 Å². The lowest BCUT2D eigenvalue weighted by Gasteiger charge is -2.24. The molecule has 0 aliphatic carbocycles. The number of nitrogens with zero attached hydrogens (tertiary/aromatic N) is 2. The van der Waals surface area contributed by atoms with E-state index in [2.05, 4.69) is 5.10 Å². The minimum absolute atomic E-state index is 0.0911. The summed E-state index contributed by atoms with van der Waals surface area (Å²) >= 11 is 0. The van der Waals surface area contributed by atoms with Crippen molar-refractivity contribution in [1.29, 1.82) is 0 Å². The molecule has 0 saturated carbocycles. The number of benzene rings is 2. The molecule has 10 heteroatoms. The summed E-state index contributed by atoms with van der Waals surface area (Å²) in [6.45, 7) is 1.37. The van der Waals surface area contributed by atoms with E-state index < -0.39 is 26.3 Å². The first kappa shape index (κ1) is 21.7. The molecule has 0 bridgehead atoms. The normalized spacial score (nSPS) is 13.8. The number of fused-ring (bicyclic) bond motifs is 1. The van der Waals surface area contributed by atoms with E-state index in [-0.39, 0.29) is 13.0 Å². The lowest BCUT2D eigenvalue weighted by Crippen LogP contribution is -2.49. The molecule has 1 heterocycles. The van der Waals surface area contributed by atoms with E-state index in [0.717, 1.165) is 11.6 Å². The molecule has 0 aliphatic heterocycles. The molecule has 8 nitrogen and oxygen atoms in total. The maximum atomic E-state index is 14.4. The standard InChI is InChI=1S/C20H22FN3O5S/c1-20(19(25)23-26,30(3,27)28)8-9-24-12-14-10-13(4-7-18(14)22-24)16-6-5-15(29-2)11-17(16)21/h4-7,10-12,26H,8-9H2,1-3H3,(H,23,25). The molecule has 2 N–H and O–H groups in total. The molecular formula is C20H22FN3O5S. The van der Waals surface area contributed by atoms with Crippen LogP contribution in [0.5, 0.6) is 5.75 Å². The number of aryl methyl sites for hydroxylation is 1. The van der Waals surface area contributed by atoms with E-state index in [1.165, 1.54) is 30.3 Å². The zero-order valence-electron chi connectivity index (χ0n) is 16.7. The second-order valence-electron chi connectivity index (χ2n) is 7.21. The van der Waals surface area contributed by atoms with Gasteiger partial charge in [-0.3, -0.25) is 14.7 Å². The highest BCUT2D eigenvalue weighted by Gasteiger charge is 2.43. The van der Waals surface area contributed by atoms with Crippen molar-refractivity contribution in [3.8, 4) is 16.9 Å². The van der Waals surface area contributed by atoms with Gasteiger partial charge in [0.1, 0.15) is 11.6 Å². The average molecular weight is 435 g/mol. The minimum atomic E-state index is -3.79. The van der Waals surface area contributed by atoms with E-state index in [9.17, 15) is 17.6 Å². The monoisotopic (exact) mass is 435 g/mol. The lowest BCUT2D eigenvalue weighted by molar-refractivity contribution is -0.131. The van der Waals surface area contributed by atoms with Gasteiger partial charge in [-0.25, -0.2) is 18.3 Å². The molecule has 3 rings (SSSR count). The van der Waals surface area contributed by atoms with Crippen LogP contribution in [0.1, 0.15) is 13.3 Å². The van der Waals surface area contributed by atoms with Gasteiger partial charge in [0.15, 0.2) is 14.6 Å². The van der Waals surface area contributed by atoms with Crippen LogP contribution in [0, 0.1) is 5.82 Å². The van der Waals surface area contributed by atoms with Crippen molar-refractivity contribution in [3.63, 3.8) is 0 Å². The molecule has 1 aromatic heterocycles. The summed E-state index contributed by atoms with van der Waals surface area (Å²) in [5.41, 5.74) is 3.13. The fraction of sp³-hybridized carbons (Fsp3) is 0.300. The van der Waals surface area contributed by atoms with Crippen LogP contribution in [0.2, 0.25) is 0 Å². The largest absolute Gasteiger partial charge is 0.497 e. The van der Waals surface area contributed by atoms with Crippen molar-refractivity contribution in [2.24, 2.45) is 0 Å². The van der Waals surface area contributed by atoms with Gasteiger partial charge in [0.05, 0.1) is 12.6 Å². The summed E-state index contributed by atoms with van der Waals surface area (Å²) in [7, 11) is -2.33. The van der Waals surface area contributed by atoms with Gasteiger partial charge in [0.25, 0.3) is 5.91 Å². The van der Waals surface area contributed by atoms with Crippen LogP contribution in [-0.2, 0) is 21.2 Å². The van der Waals surface area contributed by atoms with Gasteiger partial charge in [0.2, 0.25) is 0 Å². The minimum Gasteiger partial charge on any atom is -0.497 e. The summed E-state index contributed by atoms with van der Waals surface area (Å²) in [5.74, 6) is -0.995. The van der Waals surface area contributed by atoms with Gasteiger partial charge < -0.3 is 4.74 Å². The molecule has 0 radical (unpaired) electrons. The maximum absolute atomic E-state index is 14.4. The first-order valence-electron chi connectivity index (χ1n) is 9.04. The van der Waals surface area contributed by atoms with E-state index in [4.69, 9.17) is 9.94 Å². The highest BCUT2D eigenvalue weighted by Crippen LogP contribution is 2.29. The molecule has 0 spiro atoms. The highest BCUT2D eigenvalue weighted by atomic mass is 32.2. The Labute approximate surface area is 173 Å². The van der Waals surface area contributed by atoms with E-state index in [1.807, 2.05) is 0 Å². The van der Waals surface area contributed by atoms with E-state index in [0.29, 0.717) is 22.4 Å². The Hall–Kier alpha value is -2.98. The predicted octanol–water partition coefficient (Wildman–Crippen LogP) is 2.55. The molecular weight excluding hydrogens is 413 g/mol. The molecule has 1 amide bonds. The molecule has 3 aromatic rings. The Bertz CT molecular complexity index is 1210. The Morgan fingerprint density at radius 1 is 1.30 bits per heavy atom. The molecule has 1 atom stereocenters. The number of hydroxylamine groups is 1. The fourth-order valence-electron chi connectivity index (χ4n) is 3.13. The van der Waals surface area contributed by atoms with E-state index in [1.54, 1.807) is 36.5 Å². The average Bonchev–Trinajstić information content (AvgIpc) is 3.12. The van der Waals surface area contributed by atoms with Gasteiger partial charge in [-0.15, -0.1) is 0 Å². The smallest absolute Gasteiger partial charge is 0.264 e. The van der Waals surface area contributed by atoms with Gasteiger partial charge >= 0.3 is 0 Å². The van der Waals surface area contributed by atoms with Crippen molar-refractivity contribution in [1.82, 2.24) is 15.3 Å². The third-order valence-electron chi connectivity index (χ3n) is 5.26. The van der Waals surface area contributed by atoms with Gasteiger partial charge in [0, 0.05) is 36.0 Å². The number of rotatable bonds is 7. The highest BCUT2D eigenvalue weighted by molar-refractivity contribution is 7.92. The number of carbonyl (C=O) groups is 1. The maximum Gasteiger partial charge on any atom is 0.264 e. The van der Waals surface area contributed by atoms with Crippen molar-refractivity contribution in [3.05, 3.63) is 48.4 Å². The van der Waals surface area contributed by atoms with Crippen LogP contribution in [0.3, 0.4) is 0 Å². The predicted molar refractivity (Wildman–Crippen MR) is 109 cm³/mol. The summed E-state index contributed by atoms with van der Waals surface area (Å²) in [6.07, 6.45) is 2.55. The first-order valence-corrected chi connectivity index (χ1v) is 10.9. The van der Waals surface area contributed by atoms with Gasteiger partial charge in [-0.05, 0) is 43.2 Å². The third kappa shape index (κ3) is 4.01. The number of nitrogens with one attached hydrogen (secondary N) is 1. The Morgan fingerprint density at radius 3 is 2.63 bits per heavy atom.